The average molecular weight is 333 g/mol. The molecule has 0 aliphatic rings. The lowest BCUT2D eigenvalue weighted by Gasteiger charge is -2.19. The van der Waals surface area contributed by atoms with E-state index in [-0.39, 0.29) is 4.90 Å². The first-order chi connectivity index (χ1) is 10.8. The smallest absolute Gasteiger partial charge is 0.339 e. The van der Waals surface area contributed by atoms with E-state index in [4.69, 9.17) is 4.18 Å². The second-order valence-corrected chi connectivity index (χ2v) is 7.56. The van der Waals surface area contributed by atoms with Gasteiger partial charge in [0.1, 0.15) is 10.6 Å². The Morgan fingerprint density at radius 2 is 1.74 bits per heavy atom. The van der Waals surface area contributed by atoms with Gasteiger partial charge in [-0.05, 0) is 64.2 Å². The minimum absolute atomic E-state index is 0.162. The van der Waals surface area contributed by atoms with Gasteiger partial charge in [0.25, 0.3) is 0 Å². The van der Waals surface area contributed by atoms with Crippen molar-refractivity contribution < 1.29 is 12.6 Å². The maximum Gasteiger partial charge on any atom is 0.339 e. The van der Waals surface area contributed by atoms with Crippen molar-refractivity contribution in [1.82, 2.24) is 4.90 Å². The van der Waals surface area contributed by atoms with Crippen molar-refractivity contribution in [3.63, 3.8) is 0 Å². The molecule has 0 aliphatic carbocycles. The molecule has 0 saturated carbocycles. The molecule has 0 amide bonds. The fourth-order valence-corrected chi connectivity index (χ4v) is 3.05. The Morgan fingerprint density at radius 1 is 1.09 bits per heavy atom. The lowest BCUT2D eigenvalue weighted by atomic mass is 10.1. The molecule has 0 spiro atoms. The van der Waals surface area contributed by atoms with E-state index >= 15 is 0 Å². The van der Waals surface area contributed by atoms with Crippen LogP contribution in [0, 0.1) is 6.92 Å². The van der Waals surface area contributed by atoms with Gasteiger partial charge in [0.2, 0.25) is 0 Å². The molecule has 0 radical (unpaired) electrons. The summed E-state index contributed by atoms with van der Waals surface area (Å²) in [4.78, 5) is 2.28. The molecule has 124 valence electrons. The summed E-state index contributed by atoms with van der Waals surface area (Å²) in [5, 5.41) is 0. The molecule has 23 heavy (non-hydrogen) atoms. The van der Waals surface area contributed by atoms with Gasteiger partial charge in [0.15, 0.2) is 0 Å². The lowest BCUT2D eigenvalue weighted by Crippen LogP contribution is -2.26. The topological polar surface area (TPSA) is 46.6 Å². The summed E-state index contributed by atoms with van der Waals surface area (Å²) in [6, 6.07) is 14.2. The molecule has 1 atom stereocenters. The van der Waals surface area contributed by atoms with E-state index in [1.807, 2.05) is 33.2 Å². The SMILES string of the molecule is Cc1ccc(S(=O)(=O)Oc2cccc(CC(C)N(C)C)c2)cc1. The van der Waals surface area contributed by atoms with Crippen molar-refractivity contribution in [2.24, 2.45) is 0 Å². The monoisotopic (exact) mass is 333 g/mol. The Morgan fingerprint density at radius 3 is 2.35 bits per heavy atom. The van der Waals surface area contributed by atoms with Gasteiger partial charge < -0.3 is 9.08 Å². The molecule has 2 aromatic rings. The second-order valence-electron chi connectivity index (χ2n) is 6.01. The van der Waals surface area contributed by atoms with Crippen molar-refractivity contribution in [1.29, 1.82) is 0 Å². The van der Waals surface area contributed by atoms with E-state index in [1.165, 1.54) is 0 Å². The Kier molecular flexibility index (Phi) is 5.44. The van der Waals surface area contributed by atoms with Gasteiger partial charge in [-0.1, -0.05) is 29.8 Å². The highest BCUT2D eigenvalue weighted by Crippen LogP contribution is 2.21. The summed E-state index contributed by atoms with van der Waals surface area (Å²) in [6.07, 6.45) is 0.828. The quantitative estimate of drug-likeness (QED) is 0.761. The summed E-state index contributed by atoms with van der Waals surface area (Å²) >= 11 is 0. The predicted molar refractivity (Wildman–Crippen MR) is 92.3 cm³/mol. The molecule has 0 fully saturated rings. The summed E-state index contributed by atoms with van der Waals surface area (Å²) in [5.41, 5.74) is 2.05. The highest BCUT2D eigenvalue weighted by Gasteiger charge is 2.16. The third kappa shape index (κ3) is 4.81. The molecule has 4 nitrogen and oxygen atoms in total. The lowest BCUT2D eigenvalue weighted by molar-refractivity contribution is 0.312. The van der Waals surface area contributed by atoms with Crippen LogP contribution in [0.15, 0.2) is 53.4 Å². The van der Waals surface area contributed by atoms with E-state index in [1.54, 1.807) is 36.4 Å². The van der Waals surface area contributed by atoms with Crippen LogP contribution in [-0.2, 0) is 16.5 Å². The Bertz CT molecular complexity index is 752. The summed E-state index contributed by atoms with van der Waals surface area (Å²) in [7, 11) is 0.239. The molecule has 0 aromatic heterocycles. The molecular weight excluding hydrogens is 310 g/mol. The van der Waals surface area contributed by atoms with Gasteiger partial charge in [0, 0.05) is 6.04 Å². The van der Waals surface area contributed by atoms with Gasteiger partial charge in [-0.25, -0.2) is 0 Å². The van der Waals surface area contributed by atoms with Crippen molar-refractivity contribution in [3.05, 3.63) is 59.7 Å². The fraction of sp³-hybridized carbons (Fsp3) is 0.333. The van der Waals surface area contributed by atoms with Crippen LogP contribution in [0.3, 0.4) is 0 Å². The van der Waals surface area contributed by atoms with E-state index in [2.05, 4.69) is 11.8 Å². The number of hydrogen-bond acceptors (Lipinski definition) is 4. The molecule has 2 aromatic carbocycles. The maximum absolute atomic E-state index is 12.3. The number of nitrogens with zero attached hydrogens (tertiary/aromatic N) is 1. The normalized spacial score (nSPS) is 13.1. The highest BCUT2D eigenvalue weighted by atomic mass is 32.2. The van der Waals surface area contributed by atoms with Gasteiger partial charge in [0.05, 0.1) is 0 Å². The summed E-state index contributed by atoms with van der Waals surface area (Å²) in [5.74, 6) is 0.342. The van der Waals surface area contributed by atoms with Crippen LogP contribution in [0.25, 0.3) is 0 Å². The standard InChI is InChI=1S/C18H23NO3S/c1-14-8-10-18(11-9-14)23(20,21)22-17-7-5-6-16(13-17)12-15(2)19(3)4/h5-11,13,15H,12H2,1-4H3. The number of benzene rings is 2. The number of aryl methyl sites for hydroxylation is 1. The molecule has 5 heteroatoms. The van der Waals surface area contributed by atoms with Gasteiger partial charge in [-0.3, -0.25) is 0 Å². The van der Waals surface area contributed by atoms with Gasteiger partial charge >= 0.3 is 10.1 Å². The molecule has 0 N–H and O–H groups in total. The molecule has 0 bridgehead atoms. The van der Waals surface area contributed by atoms with Crippen LogP contribution < -0.4 is 4.18 Å². The predicted octanol–water partition coefficient (Wildman–Crippen LogP) is 3.26. The van der Waals surface area contributed by atoms with Gasteiger partial charge in [-0.2, -0.15) is 8.42 Å². The third-order valence-corrected chi connectivity index (χ3v) is 5.09. The molecule has 0 heterocycles. The van der Waals surface area contributed by atoms with Crippen LogP contribution in [0.5, 0.6) is 5.75 Å². The zero-order valence-corrected chi connectivity index (χ0v) is 14.8. The van der Waals surface area contributed by atoms with E-state index in [9.17, 15) is 8.42 Å². The van der Waals surface area contributed by atoms with Crippen LogP contribution >= 0.6 is 0 Å². The van der Waals surface area contributed by atoms with Crippen molar-refractivity contribution >= 4 is 10.1 Å². The summed E-state index contributed by atoms with van der Waals surface area (Å²) < 4.78 is 29.9. The van der Waals surface area contributed by atoms with Crippen molar-refractivity contribution in [2.45, 2.75) is 31.2 Å². The van der Waals surface area contributed by atoms with E-state index in [0.717, 1.165) is 17.5 Å². The molecule has 1 unspecified atom stereocenters. The first-order valence-electron chi connectivity index (χ1n) is 7.54. The Labute approximate surface area is 138 Å². The minimum atomic E-state index is -3.80. The Hall–Kier alpha value is -1.85. The molecule has 0 aliphatic heterocycles. The van der Waals surface area contributed by atoms with Crippen LogP contribution in [0.2, 0.25) is 0 Å². The van der Waals surface area contributed by atoms with Crippen LogP contribution in [-0.4, -0.2) is 33.5 Å². The highest BCUT2D eigenvalue weighted by molar-refractivity contribution is 7.87. The zero-order valence-electron chi connectivity index (χ0n) is 14.0. The maximum atomic E-state index is 12.3. The van der Waals surface area contributed by atoms with Crippen LogP contribution in [0.1, 0.15) is 18.1 Å². The van der Waals surface area contributed by atoms with E-state index in [0.29, 0.717) is 11.8 Å². The first-order valence-corrected chi connectivity index (χ1v) is 8.95. The fourth-order valence-electron chi connectivity index (χ4n) is 2.13. The second kappa shape index (κ2) is 7.15. The largest absolute Gasteiger partial charge is 0.379 e. The van der Waals surface area contributed by atoms with Crippen molar-refractivity contribution in [2.75, 3.05) is 14.1 Å². The molecular formula is C18H23NO3S. The number of hydrogen-bond donors (Lipinski definition) is 0. The van der Waals surface area contributed by atoms with Crippen molar-refractivity contribution in [3.8, 4) is 5.75 Å². The first kappa shape index (κ1) is 17.5. The number of rotatable bonds is 6. The average Bonchev–Trinajstić information content (AvgIpc) is 2.47. The van der Waals surface area contributed by atoms with E-state index < -0.39 is 10.1 Å². The summed E-state index contributed by atoms with van der Waals surface area (Å²) in [6.45, 7) is 4.03. The third-order valence-electron chi connectivity index (χ3n) is 3.83. The van der Waals surface area contributed by atoms with Gasteiger partial charge in [-0.15, -0.1) is 0 Å². The molecule has 2 rings (SSSR count). The Balaban J connectivity index is 2.18. The zero-order chi connectivity index (χ0) is 17.0. The van der Waals surface area contributed by atoms with Crippen LogP contribution in [0.4, 0.5) is 0 Å². The number of likely N-dealkylation sites (N-methyl/N-ethyl adjacent to an activating group) is 1. The minimum Gasteiger partial charge on any atom is -0.379 e. The molecule has 0 saturated heterocycles.